The highest BCUT2D eigenvalue weighted by Crippen LogP contribution is 2.24. The van der Waals surface area contributed by atoms with Crippen LogP contribution in [0.1, 0.15) is 10.5 Å². The van der Waals surface area contributed by atoms with Gasteiger partial charge in [0.1, 0.15) is 11.4 Å². The maximum Gasteiger partial charge on any atom is 0.275 e. The Balaban J connectivity index is 1.80. The Hall–Kier alpha value is -2.60. The SMILES string of the molecule is COc1ccccc1NC(=O)c1csc(-n2cccc2)n1. The molecule has 0 fully saturated rings. The van der Waals surface area contributed by atoms with E-state index in [0.717, 1.165) is 5.13 Å². The highest BCUT2D eigenvalue weighted by molar-refractivity contribution is 7.12. The molecule has 0 aliphatic heterocycles. The van der Waals surface area contributed by atoms with Crippen LogP contribution < -0.4 is 10.1 Å². The van der Waals surface area contributed by atoms with Crippen molar-refractivity contribution >= 4 is 22.9 Å². The Kier molecular flexibility index (Phi) is 3.70. The number of anilines is 1. The molecule has 0 unspecified atom stereocenters. The van der Waals surface area contributed by atoms with Gasteiger partial charge in [0.25, 0.3) is 5.91 Å². The Morgan fingerprint density at radius 2 is 2.00 bits per heavy atom. The van der Waals surface area contributed by atoms with Gasteiger partial charge >= 0.3 is 0 Å². The van der Waals surface area contributed by atoms with Crippen molar-refractivity contribution in [3.63, 3.8) is 0 Å². The normalized spacial score (nSPS) is 10.3. The van der Waals surface area contributed by atoms with E-state index >= 15 is 0 Å². The third-order valence-corrected chi connectivity index (χ3v) is 3.76. The average molecular weight is 299 g/mol. The zero-order valence-electron chi connectivity index (χ0n) is 11.3. The Labute approximate surface area is 125 Å². The minimum Gasteiger partial charge on any atom is -0.495 e. The molecule has 21 heavy (non-hydrogen) atoms. The molecule has 0 aliphatic carbocycles. The van der Waals surface area contributed by atoms with Gasteiger partial charge in [-0.15, -0.1) is 11.3 Å². The van der Waals surface area contributed by atoms with Crippen LogP contribution in [-0.4, -0.2) is 22.6 Å². The molecule has 0 saturated heterocycles. The van der Waals surface area contributed by atoms with Gasteiger partial charge in [0.15, 0.2) is 5.13 Å². The molecule has 1 amide bonds. The minimum absolute atomic E-state index is 0.255. The fourth-order valence-corrected chi connectivity index (χ4v) is 2.65. The molecule has 6 heteroatoms. The molecule has 1 aromatic carbocycles. The number of nitrogens with zero attached hydrogens (tertiary/aromatic N) is 2. The summed E-state index contributed by atoms with van der Waals surface area (Å²) in [5, 5.41) is 5.30. The number of benzene rings is 1. The molecular weight excluding hydrogens is 286 g/mol. The molecule has 2 aromatic heterocycles. The molecule has 3 aromatic rings. The average Bonchev–Trinajstić information content (AvgIpc) is 3.18. The quantitative estimate of drug-likeness (QED) is 0.805. The van der Waals surface area contributed by atoms with Crippen LogP contribution in [0.15, 0.2) is 54.2 Å². The van der Waals surface area contributed by atoms with Crippen molar-refractivity contribution in [2.45, 2.75) is 0 Å². The lowest BCUT2D eigenvalue weighted by molar-refractivity contribution is 0.102. The molecule has 2 heterocycles. The van der Waals surface area contributed by atoms with E-state index in [9.17, 15) is 4.79 Å². The van der Waals surface area contributed by atoms with Gasteiger partial charge in [0.2, 0.25) is 0 Å². The first-order chi connectivity index (χ1) is 10.3. The van der Waals surface area contributed by atoms with Crippen LogP contribution in [0.25, 0.3) is 5.13 Å². The number of methoxy groups -OCH3 is 1. The molecule has 0 bridgehead atoms. The smallest absolute Gasteiger partial charge is 0.275 e. The van der Waals surface area contributed by atoms with E-state index in [1.165, 1.54) is 11.3 Å². The Morgan fingerprint density at radius 3 is 2.76 bits per heavy atom. The van der Waals surface area contributed by atoms with Gasteiger partial charge in [-0.1, -0.05) is 12.1 Å². The third-order valence-electron chi connectivity index (χ3n) is 2.91. The molecule has 0 radical (unpaired) electrons. The standard InChI is InChI=1S/C15H13N3O2S/c1-20-13-7-3-2-6-11(13)16-14(19)12-10-21-15(17-12)18-8-4-5-9-18/h2-10H,1H3,(H,16,19). The number of carbonyl (C=O) groups is 1. The van der Waals surface area contributed by atoms with Gasteiger partial charge in [-0.3, -0.25) is 4.79 Å². The summed E-state index contributed by atoms with van der Waals surface area (Å²) in [7, 11) is 1.57. The van der Waals surface area contributed by atoms with Gasteiger partial charge in [-0.2, -0.15) is 0 Å². The highest BCUT2D eigenvalue weighted by atomic mass is 32.1. The molecule has 0 atom stereocenters. The summed E-state index contributed by atoms with van der Waals surface area (Å²) in [6.07, 6.45) is 3.78. The molecule has 106 valence electrons. The summed E-state index contributed by atoms with van der Waals surface area (Å²) in [5.74, 6) is 0.362. The van der Waals surface area contributed by atoms with Gasteiger partial charge in [0, 0.05) is 17.8 Å². The first kappa shape index (κ1) is 13.4. The van der Waals surface area contributed by atoms with E-state index in [-0.39, 0.29) is 5.91 Å². The fraction of sp³-hybridized carbons (Fsp3) is 0.0667. The lowest BCUT2D eigenvalue weighted by atomic mass is 10.3. The summed E-state index contributed by atoms with van der Waals surface area (Å²) in [5.41, 5.74) is 1.01. The summed E-state index contributed by atoms with van der Waals surface area (Å²) in [6.45, 7) is 0. The van der Waals surface area contributed by atoms with E-state index in [1.807, 2.05) is 41.2 Å². The number of amides is 1. The number of hydrogen-bond acceptors (Lipinski definition) is 4. The van der Waals surface area contributed by atoms with Gasteiger partial charge in [-0.25, -0.2) is 4.98 Å². The third kappa shape index (κ3) is 2.80. The van der Waals surface area contributed by atoms with Crippen molar-refractivity contribution in [1.29, 1.82) is 0 Å². The topological polar surface area (TPSA) is 56.1 Å². The van der Waals surface area contributed by atoms with Crippen LogP contribution in [0.3, 0.4) is 0 Å². The van der Waals surface area contributed by atoms with Crippen LogP contribution in [0.2, 0.25) is 0 Å². The number of rotatable bonds is 4. The first-order valence-corrected chi connectivity index (χ1v) is 7.19. The van der Waals surface area contributed by atoms with Crippen molar-refractivity contribution in [2.24, 2.45) is 0 Å². The number of carbonyl (C=O) groups excluding carboxylic acids is 1. The number of nitrogens with one attached hydrogen (secondary N) is 1. The van der Waals surface area contributed by atoms with Crippen molar-refractivity contribution in [3.05, 3.63) is 59.9 Å². The number of thiazole rings is 1. The Morgan fingerprint density at radius 1 is 1.24 bits per heavy atom. The van der Waals surface area contributed by atoms with Crippen LogP contribution in [0.5, 0.6) is 5.75 Å². The second-order valence-electron chi connectivity index (χ2n) is 4.26. The van der Waals surface area contributed by atoms with Crippen LogP contribution in [0.4, 0.5) is 5.69 Å². The maximum atomic E-state index is 12.2. The predicted octanol–water partition coefficient (Wildman–Crippen LogP) is 3.19. The molecule has 5 nitrogen and oxygen atoms in total. The zero-order valence-corrected chi connectivity index (χ0v) is 12.1. The van der Waals surface area contributed by atoms with Crippen molar-refractivity contribution in [1.82, 2.24) is 9.55 Å². The zero-order chi connectivity index (χ0) is 14.7. The lowest BCUT2D eigenvalue weighted by Crippen LogP contribution is -2.13. The van der Waals surface area contributed by atoms with E-state index < -0.39 is 0 Å². The van der Waals surface area contributed by atoms with Crippen LogP contribution >= 0.6 is 11.3 Å². The van der Waals surface area contributed by atoms with E-state index in [2.05, 4.69) is 10.3 Å². The molecule has 0 aliphatic rings. The molecule has 1 N–H and O–H groups in total. The monoisotopic (exact) mass is 299 g/mol. The second kappa shape index (κ2) is 5.80. The first-order valence-electron chi connectivity index (χ1n) is 6.31. The van der Waals surface area contributed by atoms with E-state index in [0.29, 0.717) is 17.1 Å². The summed E-state index contributed by atoms with van der Waals surface area (Å²) in [6, 6.07) is 11.1. The number of para-hydroxylation sites is 2. The van der Waals surface area contributed by atoms with Gasteiger partial charge in [-0.05, 0) is 24.3 Å². The maximum absolute atomic E-state index is 12.2. The van der Waals surface area contributed by atoms with E-state index in [1.54, 1.807) is 24.6 Å². The van der Waals surface area contributed by atoms with Gasteiger partial charge < -0.3 is 14.6 Å². The summed E-state index contributed by atoms with van der Waals surface area (Å²) >= 11 is 1.42. The van der Waals surface area contributed by atoms with Crippen LogP contribution in [-0.2, 0) is 0 Å². The lowest BCUT2D eigenvalue weighted by Gasteiger charge is -2.08. The molecule has 0 spiro atoms. The summed E-state index contributed by atoms with van der Waals surface area (Å²) in [4.78, 5) is 16.6. The number of aromatic nitrogens is 2. The summed E-state index contributed by atoms with van der Waals surface area (Å²) < 4.78 is 7.08. The molecule has 0 saturated carbocycles. The minimum atomic E-state index is -0.255. The largest absolute Gasteiger partial charge is 0.495 e. The number of ether oxygens (including phenoxy) is 1. The fourth-order valence-electron chi connectivity index (χ4n) is 1.88. The predicted molar refractivity (Wildman–Crippen MR) is 82.4 cm³/mol. The van der Waals surface area contributed by atoms with E-state index in [4.69, 9.17) is 4.74 Å². The molecular formula is C15H13N3O2S. The number of hydrogen-bond donors (Lipinski definition) is 1. The van der Waals surface area contributed by atoms with Gasteiger partial charge in [0.05, 0.1) is 12.8 Å². The van der Waals surface area contributed by atoms with Crippen molar-refractivity contribution in [3.8, 4) is 10.9 Å². The highest BCUT2D eigenvalue weighted by Gasteiger charge is 2.13. The second-order valence-corrected chi connectivity index (χ2v) is 5.10. The van der Waals surface area contributed by atoms with Crippen LogP contribution in [0, 0.1) is 0 Å². The van der Waals surface area contributed by atoms with Crippen molar-refractivity contribution in [2.75, 3.05) is 12.4 Å². The Bertz CT molecular complexity index is 750. The molecule has 3 rings (SSSR count). The van der Waals surface area contributed by atoms with Crippen molar-refractivity contribution < 1.29 is 9.53 Å².